The largest absolute Gasteiger partial charge is 0.756 e. The fourth-order valence-corrected chi connectivity index (χ4v) is 5.86. The summed E-state index contributed by atoms with van der Waals surface area (Å²) in [6, 6.07) is 0. The lowest BCUT2D eigenvalue weighted by atomic mass is 10.1. The molecule has 59 heavy (non-hydrogen) atoms. The second kappa shape index (κ2) is 41.6. The van der Waals surface area contributed by atoms with E-state index in [0.717, 1.165) is 103 Å². The van der Waals surface area contributed by atoms with Crippen molar-refractivity contribution >= 4 is 13.8 Å². The minimum absolute atomic E-state index is 0.00210. The van der Waals surface area contributed by atoms with E-state index < -0.39 is 19.9 Å². The molecule has 0 radical (unpaired) electrons. The number of phosphoric acid groups is 1. The van der Waals surface area contributed by atoms with Crippen LogP contribution < -0.4 is 4.89 Å². The van der Waals surface area contributed by atoms with E-state index in [1.165, 1.54) is 0 Å². The van der Waals surface area contributed by atoms with Crippen molar-refractivity contribution in [3.05, 3.63) is 122 Å². The van der Waals surface area contributed by atoms with Crippen molar-refractivity contribution in [3.63, 3.8) is 0 Å². The summed E-state index contributed by atoms with van der Waals surface area (Å²) >= 11 is 0. The number of hydrogen-bond acceptors (Lipinski definition) is 7. The summed E-state index contributed by atoms with van der Waals surface area (Å²) in [7, 11) is 1.28. The van der Waals surface area contributed by atoms with Gasteiger partial charge >= 0.3 is 5.97 Å². The first-order chi connectivity index (χ1) is 28.6. The highest BCUT2D eigenvalue weighted by Gasteiger charge is 2.20. The second-order valence-corrected chi connectivity index (χ2v) is 16.7. The molecule has 8 nitrogen and oxygen atoms in total. The lowest BCUT2D eigenvalue weighted by molar-refractivity contribution is -0.870. The third-order valence-electron chi connectivity index (χ3n) is 8.51. The van der Waals surface area contributed by atoms with Crippen LogP contribution in [-0.2, 0) is 27.9 Å². The molecule has 9 heteroatoms. The summed E-state index contributed by atoms with van der Waals surface area (Å²) in [5.41, 5.74) is 0. The quantitative estimate of drug-likeness (QED) is 0.0200. The fraction of sp³-hybridized carbons (Fsp3) is 0.580. The van der Waals surface area contributed by atoms with Crippen molar-refractivity contribution < 1.29 is 37.3 Å². The van der Waals surface area contributed by atoms with Gasteiger partial charge in [0.2, 0.25) is 0 Å². The predicted octanol–water partition coefficient (Wildman–Crippen LogP) is 12.7. The van der Waals surface area contributed by atoms with Gasteiger partial charge in [0.15, 0.2) is 0 Å². The number of allylic oxidation sites excluding steroid dienone is 20. The summed E-state index contributed by atoms with van der Waals surface area (Å²) in [6.07, 6.45) is 59.4. The van der Waals surface area contributed by atoms with Crippen molar-refractivity contribution in [3.8, 4) is 0 Å². The second-order valence-electron chi connectivity index (χ2n) is 15.3. The number of esters is 1. The SMILES string of the molecule is CC/C=C\C/C=C\C/C=C\C/C=C\C/C=C\CCCCCCOCC(COP(=O)([O-])OCC[N+](C)(C)C)OC(=O)CCC/C=C\C/C=C\C/C=C\C/C=C\C/C=C\CC. The van der Waals surface area contributed by atoms with Crippen LogP contribution in [0.1, 0.15) is 129 Å². The minimum Gasteiger partial charge on any atom is -0.756 e. The number of nitrogens with zero attached hydrogens (tertiary/aromatic N) is 1. The predicted molar refractivity (Wildman–Crippen MR) is 249 cm³/mol. The summed E-state index contributed by atoms with van der Waals surface area (Å²) in [5, 5.41) is 0. The smallest absolute Gasteiger partial charge is 0.306 e. The molecule has 0 aromatic carbocycles. The average Bonchev–Trinajstić information content (AvgIpc) is 3.19. The number of phosphoric ester groups is 1. The van der Waals surface area contributed by atoms with Gasteiger partial charge in [-0.25, -0.2) is 0 Å². The molecule has 0 saturated carbocycles. The Bertz CT molecular complexity index is 1350. The Balaban J connectivity index is 4.41. The van der Waals surface area contributed by atoms with Crippen LogP contribution in [0.5, 0.6) is 0 Å². The van der Waals surface area contributed by atoms with Gasteiger partial charge in [-0.1, -0.05) is 148 Å². The molecule has 0 spiro atoms. The van der Waals surface area contributed by atoms with Crippen molar-refractivity contribution in [1.82, 2.24) is 0 Å². The van der Waals surface area contributed by atoms with Crippen molar-refractivity contribution in [2.45, 2.75) is 136 Å². The van der Waals surface area contributed by atoms with Gasteiger partial charge in [-0.05, 0) is 96.3 Å². The first-order valence-corrected chi connectivity index (χ1v) is 23.7. The molecule has 334 valence electrons. The maximum Gasteiger partial charge on any atom is 0.306 e. The highest BCUT2D eigenvalue weighted by molar-refractivity contribution is 7.45. The molecule has 0 aliphatic rings. The molecule has 2 atom stereocenters. The molecule has 0 saturated heterocycles. The van der Waals surface area contributed by atoms with E-state index in [-0.39, 0.29) is 26.2 Å². The van der Waals surface area contributed by atoms with Gasteiger partial charge < -0.3 is 27.9 Å². The fourth-order valence-electron chi connectivity index (χ4n) is 5.14. The van der Waals surface area contributed by atoms with Crippen LogP contribution in [0.4, 0.5) is 0 Å². The Labute approximate surface area is 361 Å². The van der Waals surface area contributed by atoms with E-state index in [2.05, 4.69) is 135 Å². The first-order valence-electron chi connectivity index (χ1n) is 22.3. The van der Waals surface area contributed by atoms with Crippen LogP contribution in [0.2, 0.25) is 0 Å². The van der Waals surface area contributed by atoms with Gasteiger partial charge in [-0.15, -0.1) is 0 Å². The highest BCUT2D eigenvalue weighted by Crippen LogP contribution is 2.38. The van der Waals surface area contributed by atoms with E-state index in [1.54, 1.807) is 0 Å². The summed E-state index contributed by atoms with van der Waals surface area (Å²) < 4.78 is 34.5. The number of ether oxygens (including phenoxy) is 2. The van der Waals surface area contributed by atoms with Crippen LogP contribution in [0.25, 0.3) is 0 Å². The van der Waals surface area contributed by atoms with Crippen LogP contribution in [0.15, 0.2) is 122 Å². The molecular weight excluding hydrogens is 758 g/mol. The first kappa shape index (κ1) is 55.9. The van der Waals surface area contributed by atoms with Crippen LogP contribution >= 0.6 is 7.82 Å². The molecule has 0 aromatic heterocycles. The molecule has 0 rings (SSSR count). The van der Waals surface area contributed by atoms with Crippen molar-refractivity contribution in [2.24, 2.45) is 0 Å². The molecule has 0 N–H and O–H groups in total. The van der Waals surface area contributed by atoms with Gasteiger partial charge in [0.1, 0.15) is 19.3 Å². The number of carbonyl (C=O) groups excluding carboxylic acids is 1. The monoisotopic (exact) mass is 840 g/mol. The molecule has 0 fully saturated rings. The molecule has 0 aliphatic heterocycles. The molecule has 0 bridgehead atoms. The summed E-state index contributed by atoms with van der Waals surface area (Å²) in [6.45, 7) is 4.99. The van der Waals surface area contributed by atoms with E-state index in [1.807, 2.05) is 21.1 Å². The van der Waals surface area contributed by atoms with E-state index in [0.29, 0.717) is 24.1 Å². The van der Waals surface area contributed by atoms with Crippen LogP contribution in [0.3, 0.4) is 0 Å². The standard InChI is InChI=1S/C50H82NO7P/c1-6-8-10-12-14-16-18-20-22-24-25-26-28-30-32-34-36-38-40-42-45-55-47-49(48-57-59(53,54)56-46-44-51(3,4)5)58-50(52)43-41-39-37-35-33-31-29-27-23-21-19-17-15-13-11-9-7-2/h8-11,14-17,20-23,25-26,29-32,35,37,49H,6-7,12-13,18-19,24,27-28,33-34,36,38-48H2,1-5H3/b10-8-,11-9-,16-14-,17-15-,22-20-,23-21-,26-25-,31-29-,32-30-,37-35-. The zero-order valence-electron chi connectivity index (χ0n) is 37.6. The number of carbonyl (C=O) groups is 1. The molecule has 0 aromatic rings. The number of likely N-dealkylation sites (N-methyl/N-ethyl adjacent to an activating group) is 1. The number of hydrogen-bond donors (Lipinski definition) is 0. The lowest BCUT2D eigenvalue weighted by Crippen LogP contribution is -2.37. The van der Waals surface area contributed by atoms with Gasteiger partial charge in [-0.3, -0.25) is 9.36 Å². The van der Waals surface area contributed by atoms with E-state index in [9.17, 15) is 14.3 Å². The zero-order chi connectivity index (χ0) is 43.4. The Morgan fingerprint density at radius 2 is 0.932 bits per heavy atom. The number of rotatable bonds is 39. The van der Waals surface area contributed by atoms with Crippen LogP contribution in [-0.4, -0.2) is 70.7 Å². The van der Waals surface area contributed by atoms with Gasteiger partial charge in [0.25, 0.3) is 7.82 Å². The van der Waals surface area contributed by atoms with E-state index >= 15 is 0 Å². The zero-order valence-corrected chi connectivity index (χ0v) is 38.5. The van der Waals surface area contributed by atoms with Crippen molar-refractivity contribution in [1.29, 1.82) is 0 Å². The van der Waals surface area contributed by atoms with Crippen LogP contribution in [0, 0.1) is 0 Å². The summed E-state index contributed by atoms with van der Waals surface area (Å²) in [4.78, 5) is 25.1. The molecule has 2 unspecified atom stereocenters. The topological polar surface area (TPSA) is 94.1 Å². The minimum atomic E-state index is -4.56. The average molecular weight is 840 g/mol. The Morgan fingerprint density at radius 3 is 1.37 bits per heavy atom. The molecule has 0 heterocycles. The van der Waals surface area contributed by atoms with E-state index in [4.69, 9.17) is 18.5 Å². The molecule has 0 aliphatic carbocycles. The maximum atomic E-state index is 12.7. The number of unbranched alkanes of at least 4 members (excludes halogenated alkanes) is 5. The Hall–Kier alpha value is -3.10. The Morgan fingerprint density at radius 1 is 0.525 bits per heavy atom. The summed E-state index contributed by atoms with van der Waals surface area (Å²) in [5.74, 6) is -0.406. The normalized spacial score (nSPS) is 14.9. The molecule has 0 amide bonds. The van der Waals surface area contributed by atoms with Gasteiger partial charge in [0.05, 0.1) is 34.4 Å². The highest BCUT2D eigenvalue weighted by atomic mass is 31.2. The Kier molecular flexibility index (Phi) is 39.4. The molecular formula is C50H82NO7P. The van der Waals surface area contributed by atoms with Crippen molar-refractivity contribution in [2.75, 3.05) is 54.1 Å². The third-order valence-corrected chi connectivity index (χ3v) is 9.47. The third kappa shape index (κ3) is 45.8. The van der Waals surface area contributed by atoms with Gasteiger partial charge in [-0.2, -0.15) is 0 Å². The lowest BCUT2D eigenvalue weighted by Gasteiger charge is -2.28. The maximum absolute atomic E-state index is 12.7. The number of quaternary nitrogens is 1. The van der Waals surface area contributed by atoms with Gasteiger partial charge in [0, 0.05) is 13.0 Å².